The Hall–Kier alpha value is -0.890. The SMILES string of the molecule is CCCCCC(CCCCC)N[C@@H](C)c1ccncc1. The molecule has 1 N–H and O–H groups in total. The predicted octanol–water partition coefficient (Wildman–Crippen LogP) is 5.26. The van der Waals surface area contributed by atoms with Gasteiger partial charge < -0.3 is 5.32 Å². The second-order valence-electron chi connectivity index (χ2n) is 5.86. The van der Waals surface area contributed by atoms with E-state index >= 15 is 0 Å². The van der Waals surface area contributed by atoms with Gasteiger partial charge in [-0.1, -0.05) is 52.4 Å². The molecule has 0 aromatic carbocycles. The van der Waals surface area contributed by atoms with Crippen molar-refractivity contribution in [2.24, 2.45) is 0 Å². The number of aromatic nitrogens is 1. The fraction of sp³-hybridized carbons (Fsp3) is 0.722. The summed E-state index contributed by atoms with van der Waals surface area (Å²) in [5, 5.41) is 3.82. The zero-order chi connectivity index (χ0) is 14.6. The molecule has 0 fully saturated rings. The van der Waals surface area contributed by atoms with Gasteiger partial charge >= 0.3 is 0 Å². The van der Waals surface area contributed by atoms with Gasteiger partial charge in [-0.2, -0.15) is 0 Å². The first-order chi connectivity index (χ1) is 9.77. The highest BCUT2D eigenvalue weighted by atomic mass is 14.9. The molecule has 1 heterocycles. The van der Waals surface area contributed by atoms with Gasteiger partial charge in [0.25, 0.3) is 0 Å². The molecule has 1 rings (SSSR count). The Morgan fingerprint density at radius 1 is 0.950 bits per heavy atom. The van der Waals surface area contributed by atoms with Crippen LogP contribution in [0.1, 0.15) is 83.7 Å². The predicted molar refractivity (Wildman–Crippen MR) is 87.9 cm³/mol. The average molecular weight is 276 g/mol. The number of hydrogen-bond acceptors (Lipinski definition) is 2. The van der Waals surface area contributed by atoms with Crippen LogP contribution < -0.4 is 5.32 Å². The quantitative estimate of drug-likeness (QED) is 0.557. The summed E-state index contributed by atoms with van der Waals surface area (Å²) in [6.07, 6.45) is 14.4. The minimum Gasteiger partial charge on any atom is -0.307 e. The van der Waals surface area contributed by atoms with E-state index in [0.717, 1.165) is 0 Å². The molecule has 0 spiro atoms. The lowest BCUT2D eigenvalue weighted by Gasteiger charge is -2.24. The number of nitrogens with zero attached hydrogens (tertiary/aromatic N) is 1. The standard InChI is InChI=1S/C18H32N2/c1-4-6-8-10-18(11-9-7-5-2)20-16(3)17-12-14-19-15-13-17/h12-16,18,20H,4-11H2,1-3H3/t16-/m0/s1. The summed E-state index contributed by atoms with van der Waals surface area (Å²) in [4.78, 5) is 4.10. The summed E-state index contributed by atoms with van der Waals surface area (Å²) in [6.45, 7) is 6.82. The van der Waals surface area contributed by atoms with Gasteiger partial charge in [-0.05, 0) is 37.5 Å². The van der Waals surface area contributed by atoms with Gasteiger partial charge in [-0.3, -0.25) is 4.98 Å². The van der Waals surface area contributed by atoms with Crippen LogP contribution in [0.4, 0.5) is 0 Å². The van der Waals surface area contributed by atoms with Gasteiger partial charge in [0, 0.05) is 24.5 Å². The van der Waals surface area contributed by atoms with Crippen molar-refractivity contribution in [1.29, 1.82) is 0 Å². The molecule has 1 atom stereocenters. The maximum Gasteiger partial charge on any atom is 0.0295 e. The molecule has 0 saturated carbocycles. The number of nitrogens with one attached hydrogen (secondary N) is 1. The van der Waals surface area contributed by atoms with Crippen LogP contribution in [0.3, 0.4) is 0 Å². The zero-order valence-corrected chi connectivity index (χ0v) is 13.6. The topological polar surface area (TPSA) is 24.9 Å². The highest BCUT2D eigenvalue weighted by Crippen LogP contribution is 2.17. The minimum absolute atomic E-state index is 0.422. The van der Waals surface area contributed by atoms with Gasteiger partial charge in [-0.15, -0.1) is 0 Å². The second kappa shape index (κ2) is 10.8. The van der Waals surface area contributed by atoms with Crippen molar-refractivity contribution >= 4 is 0 Å². The summed E-state index contributed by atoms with van der Waals surface area (Å²) in [7, 11) is 0. The van der Waals surface area contributed by atoms with Crippen LogP contribution in [0.5, 0.6) is 0 Å². The smallest absolute Gasteiger partial charge is 0.0295 e. The fourth-order valence-corrected chi connectivity index (χ4v) is 2.69. The maximum absolute atomic E-state index is 4.10. The molecule has 1 aromatic heterocycles. The highest BCUT2D eigenvalue weighted by Gasteiger charge is 2.12. The molecule has 0 radical (unpaired) electrons. The number of hydrogen-bond donors (Lipinski definition) is 1. The first-order valence-electron chi connectivity index (χ1n) is 8.43. The first kappa shape index (κ1) is 17.2. The Balaban J connectivity index is 2.44. The van der Waals surface area contributed by atoms with E-state index in [1.54, 1.807) is 0 Å². The third-order valence-corrected chi connectivity index (χ3v) is 4.00. The Bertz CT molecular complexity index is 313. The molecule has 0 aliphatic rings. The lowest BCUT2D eigenvalue weighted by molar-refractivity contribution is 0.384. The molecular weight excluding hydrogens is 244 g/mol. The third-order valence-electron chi connectivity index (χ3n) is 4.00. The second-order valence-corrected chi connectivity index (χ2v) is 5.86. The lowest BCUT2D eigenvalue weighted by Crippen LogP contribution is -2.31. The lowest BCUT2D eigenvalue weighted by atomic mass is 10.00. The van der Waals surface area contributed by atoms with Crippen molar-refractivity contribution in [3.63, 3.8) is 0 Å². The van der Waals surface area contributed by atoms with Gasteiger partial charge in [0.15, 0.2) is 0 Å². The molecule has 0 aliphatic carbocycles. The fourth-order valence-electron chi connectivity index (χ4n) is 2.69. The van der Waals surface area contributed by atoms with E-state index in [9.17, 15) is 0 Å². The van der Waals surface area contributed by atoms with E-state index in [1.807, 2.05) is 12.4 Å². The van der Waals surface area contributed by atoms with Crippen molar-refractivity contribution in [2.45, 2.75) is 84.2 Å². The van der Waals surface area contributed by atoms with E-state index in [-0.39, 0.29) is 0 Å². The van der Waals surface area contributed by atoms with Gasteiger partial charge in [0.2, 0.25) is 0 Å². The van der Waals surface area contributed by atoms with Crippen molar-refractivity contribution in [3.05, 3.63) is 30.1 Å². The molecule has 2 heteroatoms. The van der Waals surface area contributed by atoms with Crippen LogP contribution in [0.15, 0.2) is 24.5 Å². The Labute approximate surface area is 125 Å². The number of pyridine rings is 1. The highest BCUT2D eigenvalue weighted by molar-refractivity contribution is 5.14. The summed E-state index contributed by atoms with van der Waals surface area (Å²) in [5.41, 5.74) is 1.34. The molecule has 0 saturated heterocycles. The van der Waals surface area contributed by atoms with Crippen molar-refractivity contribution < 1.29 is 0 Å². The monoisotopic (exact) mass is 276 g/mol. The zero-order valence-electron chi connectivity index (χ0n) is 13.6. The summed E-state index contributed by atoms with van der Waals surface area (Å²) in [5.74, 6) is 0. The Morgan fingerprint density at radius 3 is 2.00 bits per heavy atom. The molecule has 0 aliphatic heterocycles. The van der Waals surface area contributed by atoms with E-state index in [2.05, 4.69) is 43.2 Å². The minimum atomic E-state index is 0.422. The van der Waals surface area contributed by atoms with Crippen molar-refractivity contribution in [2.75, 3.05) is 0 Å². The maximum atomic E-state index is 4.10. The van der Waals surface area contributed by atoms with Gasteiger partial charge in [-0.25, -0.2) is 0 Å². The molecule has 1 aromatic rings. The van der Waals surface area contributed by atoms with E-state index < -0.39 is 0 Å². The van der Waals surface area contributed by atoms with E-state index in [4.69, 9.17) is 0 Å². The molecule has 0 bridgehead atoms. The molecule has 0 unspecified atom stereocenters. The normalized spacial score (nSPS) is 12.8. The molecule has 114 valence electrons. The average Bonchev–Trinajstić information content (AvgIpc) is 2.48. The van der Waals surface area contributed by atoms with Crippen molar-refractivity contribution in [1.82, 2.24) is 10.3 Å². The third kappa shape index (κ3) is 7.04. The van der Waals surface area contributed by atoms with Crippen LogP contribution in [0.2, 0.25) is 0 Å². The molecule has 2 nitrogen and oxygen atoms in total. The molecule has 20 heavy (non-hydrogen) atoms. The van der Waals surface area contributed by atoms with Gasteiger partial charge in [0.05, 0.1) is 0 Å². The Morgan fingerprint density at radius 2 is 1.50 bits per heavy atom. The van der Waals surface area contributed by atoms with E-state index in [0.29, 0.717) is 12.1 Å². The van der Waals surface area contributed by atoms with Crippen LogP contribution in [0, 0.1) is 0 Å². The van der Waals surface area contributed by atoms with Crippen LogP contribution in [0.25, 0.3) is 0 Å². The number of unbranched alkanes of at least 4 members (excludes halogenated alkanes) is 4. The Kier molecular flexibility index (Phi) is 9.31. The summed E-state index contributed by atoms with van der Waals surface area (Å²) in [6, 6.07) is 5.32. The molecule has 0 amide bonds. The largest absolute Gasteiger partial charge is 0.307 e. The molecular formula is C18H32N2. The van der Waals surface area contributed by atoms with Crippen LogP contribution >= 0.6 is 0 Å². The van der Waals surface area contributed by atoms with Crippen LogP contribution in [-0.4, -0.2) is 11.0 Å². The first-order valence-corrected chi connectivity index (χ1v) is 8.43. The van der Waals surface area contributed by atoms with Crippen molar-refractivity contribution in [3.8, 4) is 0 Å². The van der Waals surface area contributed by atoms with E-state index in [1.165, 1.54) is 56.9 Å². The van der Waals surface area contributed by atoms with Crippen LogP contribution in [-0.2, 0) is 0 Å². The summed E-state index contributed by atoms with van der Waals surface area (Å²) < 4.78 is 0. The van der Waals surface area contributed by atoms with Gasteiger partial charge in [0.1, 0.15) is 0 Å². The summed E-state index contributed by atoms with van der Waals surface area (Å²) >= 11 is 0. The number of rotatable bonds is 11.